The van der Waals surface area contributed by atoms with E-state index in [1.807, 2.05) is 6.92 Å². The number of hydrogen-bond donors (Lipinski definition) is 2. The maximum Gasteiger partial charge on any atom is 0.191 e. The van der Waals surface area contributed by atoms with E-state index in [0.717, 1.165) is 55.4 Å². The van der Waals surface area contributed by atoms with E-state index in [-0.39, 0.29) is 6.10 Å². The zero-order valence-corrected chi connectivity index (χ0v) is 17.8. The molecule has 1 aliphatic heterocycles. The summed E-state index contributed by atoms with van der Waals surface area (Å²) in [4.78, 5) is 8.83. The van der Waals surface area contributed by atoms with Crippen LogP contribution in [0.15, 0.2) is 28.6 Å². The van der Waals surface area contributed by atoms with E-state index in [2.05, 4.69) is 51.1 Å². The predicted octanol–water partition coefficient (Wildman–Crippen LogP) is 3.23. The second kappa shape index (κ2) is 10.4. The molecule has 1 atom stereocenters. The van der Waals surface area contributed by atoms with Crippen LogP contribution in [-0.2, 0) is 17.7 Å². The largest absolute Gasteiger partial charge is 0.488 e. The molecule has 7 heteroatoms. The zero-order valence-electron chi connectivity index (χ0n) is 17.0. The van der Waals surface area contributed by atoms with E-state index in [0.29, 0.717) is 13.2 Å². The van der Waals surface area contributed by atoms with Crippen LogP contribution in [0.5, 0.6) is 5.75 Å². The summed E-state index contributed by atoms with van der Waals surface area (Å²) in [5.74, 6) is 1.73. The first-order valence-electron chi connectivity index (χ1n) is 9.83. The van der Waals surface area contributed by atoms with Crippen LogP contribution in [0.25, 0.3) is 0 Å². The molecule has 1 aromatic carbocycles. The number of ether oxygens (including phenoxy) is 2. The number of benzene rings is 1. The minimum Gasteiger partial charge on any atom is -0.488 e. The highest BCUT2D eigenvalue weighted by Gasteiger charge is 2.18. The SMILES string of the molecule is CN=C(NCCCc1nc(C)cs1)NCc1ccc(C)cc1OC1CCOC1. The number of rotatable bonds is 8. The van der Waals surface area contributed by atoms with E-state index in [9.17, 15) is 0 Å². The molecular formula is C21H30N4O2S. The molecule has 0 bridgehead atoms. The summed E-state index contributed by atoms with van der Waals surface area (Å²) in [6.45, 7) is 7.08. The Balaban J connectivity index is 1.47. The van der Waals surface area contributed by atoms with Gasteiger partial charge in [-0.2, -0.15) is 0 Å². The number of aliphatic imine (C=N–C) groups is 1. The predicted molar refractivity (Wildman–Crippen MR) is 114 cm³/mol. The fraction of sp³-hybridized carbons (Fsp3) is 0.524. The van der Waals surface area contributed by atoms with Crippen molar-refractivity contribution in [1.82, 2.24) is 15.6 Å². The van der Waals surface area contributed by atoms with Gasteiger partial charge in [0.2, 0.25) is 0 Å². The normalized spacial score (nSPS) is 17.0. The van der Waals surface area contributed by atoms with Gasteiger partial charge in [0.15, 0.2) is 5.96 Å². The summed E-state index contributed by atoms with van der Waals surface area (Å²) >= 11 is 1.73. The Morgan fingerprint density at radius 1 is 1.36 bits per heavy atom. The molecule has 1 aromatic heterocycles. The quantitative estimate of drug-likeness (QED) is 0.403. The molecule has 2 aromatic rings. The summed E-state index contributed by atoms with van der Waals surface area (Å²) in [5, 5.41) is 10.1. The maximum absolute atomic E-state index is 6.17. The number of guanidine groups is 1. The first kappa shape index (κ1) is 20.6. The Kier molecular flexibility index (Phi) is 7.68. The van der Waals surface area contributed by atoms with Crippen molar-refractivity contribution < 1.29 is 9.47 Å². The van der Waals surface area contributed by atoms with E-state index >= 15 is 0 Å². The Morgan fingerprint density at radius 3 is 2.96 bits per heavy atom. The lowest BCUT2D eigenvalue weighted by Gasteiger charge is -2.18. The second-order valence-corrected chi connectivity index (χ2v) is 8.00. The molecule has 1 unspecified atom stereocenters. The van der Waals surface area contributed by atoms with Crippen molar-refractivity contribution >= 4 is 17.3 Å². The number of nitrogens with one attached hydrogen (secondary N) is 2. The Hall–Kier alpha value is -2.12. The van der Waals surface area contributed by atoms with Gasteiger partial charge < -0.3 is 20.1 Å². The highest BCUT2D eigenvalue weighted by atomic mass is 32.1. The second-order valence-electron chi connectivity index (χ2n) is 7.05. The van der Waals surface area contributed by atoms with Gasteiger partial charge in [-0.25, -0.2) is 4.98 Å². The third-order valence-electron chi connectivity index (χ3n) is 4.60. The van der Waals surface area contributed by atoms with Crippen LogP contribution in [0.4, 0.5) is 0 Å². The van der Waals surface area contributed by atoms with Gasteiger partial charge in [0.25, 0.3) is 0 Å². The molecule has 3 rings (SSSR count). The number of aryl methyl sites for hydroxylation is 3. The molecule has 0 aliphatic carbocycles. The Labute approximate surface area is 171 Å². The fourth-order valence-electron chi connectivity index (χ4n) is 3.07. The molecule has 0 amide bonds. The van der Waals surface area contributed by atoms with Gasteiger partial charge in [0.05, 0.1) is 18.2 Å². The van der Waals surface area contributed by atoms with Crippen LogP contribution in [0.3, 0.4) is 0 Å². The Bertz CT molecular complexity index is 784. The van der Waals surface area contributed by atoms with Crippen LogP contribution in [-0.4, -0.2) is 43.9 Å². The van der Waals surface area contributed by atoms with Gasteiger partial charge in [0.1, 0.15) is 11.9 Å². The first-order chi connectivity index (χ1) is 13.6. The number of hydrogen-bond acceptors (Lipinski definition) is 5. The molecule has 28 heavy (non-hydrogen) atoms. The smallest absolute Gasteiger partial charge is 0.191 e. The lowest BCUT2D eigenvalue weighted by atomic mass is 10.1. The van der Waals surface area contributed by atoms with Crippen molar-refractivity contribution in [3.05, 3.63) is 45.4 Å². The summed E-state index contributed by atoms with van der Waals surface area (Å²) < 4.78 is 11.6. The number of thiazole rings is 1. The van der Waals surface area contributed by atoms with Crippen molar-refractivity contribution in [1.29, 1.82) is 0 Å². The summed E-state index contributed by atoms with van der Waals surface area (Å²) in [7, 11) is 1.79. The standard InChI is InChI=1S/C21H30N4O2S/c1-15-6-7-17(19(11-15)27-18-8-10-26-13-18)12-24-21(22-3)23-9-4-5-20-25-16(2)14-28-20/h6-7,11,14,18H,4-5,8-10,12-13H2,1-3H3,(H2,22,23,24). The zero-order chi connectivity index (χ0) is 19.8. The van der Waals surface area contributed by atoms with Crippen LogP contribution >= 0.6 is 11.3 Å². The molecule has 0 saturated carbocycles. The van der Waals surface area contributed by atoms with E-state index in [1.165, 1.54) is 10.6 Å². The molecule has 152 valence electrons. The summed E-state index contributed by atoms with van der Waals surface area (Å²) in [5.41, 5.74) is 3.42. The highest BCUT2D eigenvalue weighted by molar-refractivity contribution is 7.09. The van der Waals surface area contributed by atoms with Gasteiger partial charge in [0, 0.05) is 49.6 Å². The average Bonchev–Trinajstić information content (AvgIpc) is 3.34. The third-order valence-corrected chi connectivity index (χ3v) is 5.63. The molecule has 0 radical (unpaired) electrons. The molecule has 2 N–H and O–H groups in total. The van der Waals surface area contributed by atoms with Crippen molar-refractivity contribution in [2.45, 2.75) is 45.8 Å². The molecule has 2 heterocycles. The van der Waals surface area contributed by atoms with E-state index in [4.69, 9.17) is 9.47 Å². The molecule has 0 spiro atoms. The molecule has 6 nitrogen and oxygen atoms in total. The highest BCUT2D eigenvalue weighted by Crippen LogP contribution is 2.23. The number of aromatic nitrogens is 1. The van der Waals surface area contributed by atoms with Gasteiger partial charge in [-0.15, -0.1) is 11.3 Å². The van der Waals surface area contributed by atoms with Crippen LogP contribution in [0.1, 0.15) is 34.7 Å². The molecular weight excluding hydrogens is 372 g/mol. The first-order valence-corrected chi connectivity index (χ1v) is 10.7. The van der Waals surface area contributed by atoms with E-state index < -0.39 is 0 Å². The van der Waals surface area contributed by atoms with Gasteiger partial charge >= 0.3 is 0 Å². The van der Waals surface area contributed by atoms with Crippen LogP contribution < -0.4 is 15.4 Å². The Morgan fingerprint density at radius 2 is 2.25 bits per heavy atom. The van der Waals surface area contributed by atoms with Gasteiger partial charge in [-0.3, -0.25) is 4.99 Å². The fourth-order valence-corrected chi connectivity index (χ4v) is 3.88. The number of nitrogens with zero attached hydrogens (tertiary/aromatic N) is 2. The van der Waals surface area contributed by atoms with Crippen LogP contribution in [0, 0.1) is 13.8 Å². The van der Waals surface area contributed by atoms with Crippen molar-refractivity contribution in [2.24, 2.45) is 4.99 Å². The van der Waals surface area contributed by atoms with Crippen LogP contribution in [0.2, 0.25) is 0 Å². The summed E-state index contributed by atoms with van der Waals surface area (Å²) in [6, 6.07) is 6.33. The van der Waals surface area contributed by atoms with Gasteiger partial charge in [-0.1, -0.05) is 12.1 Å². The topological polar surface area (TPSA) is 67.8 Å². The molecule has 1 fully saturated rings. The minimum atomic E-state index is 0.146. The van der Waals surface area contributed by atoms with E-state index in [1.54, 1.807) is 18.4 Å². The molecule has 1 saturated heterocycles. The maximum atomic E-state index is 6.17. The monoisotopic (exact) mass is 402 g/mol. The van der Waals surface area contributed by atoms with Crippen molar-refractivity contribution in [3.8, 4) is 5.75 Å². The molecule has 1 aliphatic rings. The lowest BCUT2D eigenvalue weighted by Crippen LogP contribution is -2.37. The average molecular weight is 403 g/mol. The van der Waals surface area contributed by atoms with Crippen molar-refractivity contribution in [2.75, 3.05) is 26.8 Å². The minimum absolute atomic E-state index is 0.146. The summed E-state index contributed by atoms with van der Waals surface area (Å²) in [6.07, 6.45) is 3.10. The van der Waals surface area contributed by atoms with Gasteiger partial charge in [-0.05, 0) is 31.9 Å². The van der Waals surface area contributed by atoms with Crippen molar-refractivity contribution in [3.63, 3.8) is 0 Å². The third kappa shape index (κ3) is 6.21. The lowest BCUT2D eigenvalue weighted by molar-refractivity contribution is 0.140.